The first-order valence-electron chi connectivity index (χ1n) is 13.3. The van der Waals surface area contributed by atoms with Gasteiger partial charge in [0, 0.05) is 31.4 Å². The Labute approximate surface area is 216 Å². The van der Waals surface area contributed by atoms with E-state index in [9.17, 15) is 4.79 Å². The number of carbonyl (C=O) groups excluding carboxylic acids is 1. The molecule has 0 aromatic heterocycles. The van der Waals surface area contributed by atoms with Crippen LogP contribution in [0.5, 0.6) is 5.75 Å². The second-order valence-electron chi connectivity index (χ2n) is 9.65. The summed E-state index contributed by atoms with van der Waals surface area (Å²) in [5.41, 5.74) is 3.77. The second-order valence-corrected chi connectivity index (χ2v) is 9.65. The lowest BCUT2D eigenvalue weighted by Crippen LogP contribution is -2.32. The molecule has 1 saturated heterocycles. The van der Waals surface area contributed by atoms with Crippen molar-refractivity contribution in [3.05, 3.63) is 54.1 Å². The Hall–Kier alpha value is -2.45. The zero-order valence-electron chi connectivity index (χ0n) is 22.0. The fourth-order valence-electron chi connectivity index (χ4n) is 4.17. The minimum Gasteiger partial charge on any atom is -0.489 e. The molecule has 36 heavy (non-hydrogen) atoms. The Morgan fingerprint density at radius 1 is 1.11 bits per heavy atom. The number of fused-ring (bicyclic) bond motifs is 1. The first-order chi connectivity index (χ1) is 17.6. The van der Waals surface area contributed by atoms with Crippen molar-refractivity contribution in [1.82, 2.24) is 15.7 Å². The Morgan fingerprint density at radius 3 is 2.81 bits per heavy atom. The Kier molecular flexibility index (Phi) is 12.8. The third kappa shape index (κ3) is 10.7. The number of rotatable bonds is 16. The SMILES string of the molecule is CN(C)CCCNC/C(=C/CCCCC(=O)NOC1CCCCO1)COc1cccc2ccccc12. The van der Waals surface area contributed by atoms with Gasteiger partial charge in [0.1, 0.15) is 12.4 Å². The number of hydroxylamine groups is 1. The summed E-state index contributed by atoms with van der Waals surface area (Å²) in [4.78, 5) is 19.6. The molecule has 2 aromatic rings. The summed E-state index contributed by atoms with van der Waals surface area (Å²) < 4.78 is 11.7. The van der Waals surface area contributed by atoms with Gasteiger partial charge in [-0.25, -0.2) is 10.3 Å². The summed E-state index contributed by atoms with van der Waals surface area (Å²) >= 11 is 0. The van der Waals surface area contributed by atoms with Crippen molar-refractivity contribution in [3.8, 4) is 5.75 Å². The molecule has 1 aliphatic rings. The van der Waals surface area contributed by atoms with Gasteiger partial charge < -0.3 is 19.7 Å². The van der Waals surface area contributed by atoms with Crippen molar-refractivity contribution < 1.29 is 19.1 Å². The molecule has 0 radical (unpaired) electrons. The van der Waals surface area contributed by atoms with Gasteiger partial charge in [0.05, 0.1) is 0 Å². The summed E-state index contributed by atoms with van der Waals surface area (Å²) in [7, 11) is 4.19. The van der Waals surface area contributed by atoms with Crippen LogP contribution in [0.3, 0.4) is 0 Å². The normalized spacial score (nSPS) is 16.4. The maximum Gasteiger partial charge on any atom is 0.243 e. The van der Waals surface area contributed by atoms with E-state index < -0.39 is 0 Å². The maximum atomic E-state index is 12.1. The van der Waals surface area contributed by atoms with Crippen LogP contribution in [-0.2, 0) is 14.4 Å². The predicted octanol–water partition coefficient (Wildman–Crippen LogP) is 4.82. The van der Waals surface area contributed by atoms with E-state index >= 15 is 0 Å². The largest absolute Gasteiger partial charge is 0.489 e. The van der Waals surface area contributed by atoms with Crippen molar-refractivity contribution in [2.75, 3.05) is 46.9 Å². The molecule has 7 nitrogen and oxygen atoms in total. The van der Waals surface area contributed by atoms with Crippen LogP contribution in [0.25, 0.3) is 10.8 Å². The molecule has 1 heterocycles. The molecule has 2 N–H and O–H groups in total. The molecule has 3 rings (SSSR count). The first-order valence-corrected chi connectivity index (χ1v) is 13.3. The van der Waals surface area contributed by atoms with E-state index in [2.05, 4.69) is 54.1 Å². The number of nitrogens with zero attached hydrogens (tertiary/aromatic N) is 1. The third-order valence-electron chi connectivity index (χ3n) is 6.21. The van der Waals surface area contributed by atoms with E-state index in [-0.39, 0.29) is 12.2 Å². The maximum absolute atomic E-state index is 12.1. The molecule has 1 fully saturated rings. The smallest absolute Gasteiger partial charge is 0.243 e. The molecule has 1 aliphatic heterocycles. The van der Waals surface area contributed by atoms with Crippen LogP contribution in [-0.4, -0.2) is 64.0 Å². The number of hydrogen-bond acceptors (Lipinski definition) is 6. The predicted molar refractivity (Wildman–Crippen MR) is 145 cm³/mol. The highest BCUT2D eigenvalue weighted by molar-refractivity contribution is 5.88. The van der Waals surface area contributed by atoms with Crippen LogP contribution < -0.4 is 15.5 Å². The molecular formula is C29H43N3O4. The lowest BCUT2D eigenvalue weighted by atomic mass is 10.1. The lowest BCUT2D eigenvalue weighted by molar-refractivity contribution is -0.200. The molecule has 0 saturated carbocycles. The van der Waals surface area contributed by atoms with Crippen molar-refractivity contribution in [3.63, 3.8) is 0 Å². The Balaban J connectivity index is 1.43. The molecule has 0 aliphatic carbocycles. The standard InChI is InChI=1S/C29H43N3O4/c1-32(2)20-11-19-30-22-24(23-35-27-16-10-14-25-13-6-7-15-26(25)27)12-4-3-5-17-28(33)31-36-29-18-8-9-21-34-29/h6-7,10,12-16,29-30H,3-5,8-9,11,17-23H2,1-2H3,(H,31,33)/b24-12-. The number of amides is 1. The highest BCUT2D eigenvalue weighted by Gasteiger charge is 2.15. The number of allylic oxidation sites excluding steroid dienone is 1. The van der Waals surface area contributed by atoms with E-state index in [4.69, 9.17) is 14.3 Å². The van der Waals surface area contributed by atoms with Crippen LogP contribution in [0.15, 0.2) is 54.1 Å². The third-order valence-corrected chi connectivity index (χ3v) is 6.21. The molecule has 0 spiro atoms. The summed E-state index contributed by atoms with van der Waals surface area (Å²) in [6.07, 6.45) is 9.13. The van der Waals surface area contributed by atoms with Crippen LogP contribution >= 0.6 is 0 Å². The zero-order valence-corrected chi connectivity index (χ0v) is 22.0. The van der Waals surface area contributed by atoms with Crippen LogP contribution in [0.2, 0.25) is 0 Å². The fraction of sp³-hybridized carbons (Fsp3) is 0.552. The monoisotopic (exact) mass is 497 g/mol. The zero-order chi connectivity index (χ0) is 25.4. The highest BCUT2D eigenvalue weighted by atomic mass is 16.8. The number of ether oxygens (including phenoxy) is 2. The van der Waals surface area contributed by atoms with Gasteiger partial charge in [0.15, 0.2) is 6.29 Å². The van der Waals surface area contributed by atoms with Gasteiger partial charge >= 0.3 is 0 Å². The van der Waals surface area contributed by atoms with Crippen molar-refractivity contribution in [2.45, 2.75) is 57.7 Å². The van der Waals surface area contributed by atoms with E-state index in [0.29, 0.717) is 19.6 Å². The van der Waals surface area contributed by atoms with E-state index in [1.54, 1.807) is 0 Å². The van der Waals surface area contributed by atoms with E-state index in [0.717, 1.165) is 75.7 Å². The van der Waals surface area contributed by atoms with Crippen molar-refractivity contribution in [1.29, 1.82) is 0 Å². The van der Waals surface area contributed by atoms with Gasteiger partial charge in [0.25, 0.3) is 0 Å². The van der Waals surface area contributed by atoms with Gasteiger partial charge in [-0.3, -0.25) is 4.79 Å². The molecule has 1 atom stereocenters. The van der Waals surface area contributed by atoms with Crippen LogP contribution in [0, 0.1) is 0 Å². The van der Waals surface area contributed by atoms with Crippen LogP contribution in [0.1, 0.15) is 51.4 Å². The number of nitrogens with one attached hydrogen (secondary N) is 2. The molecule has 1 amide bonds. The van der Waals surface area contributed by atoms with Gasteiger partial charge in [-0.15, -0.1) is 0 Å². The molecule has 1 unspecified atom stereocenters. The average molecular weight is 498 g/mol. The minimum atomic E-state index is -0.305. The quantitative estimate of drug-likeness (QED) is 0.197. The molecule has 2 aromatic carbocycles. The summed E-state index contributed by atoms with van der Waals surface area (Å²) in [5.74, 6) is 0.820. The van der Waals surface area contributed by atoms with Gasteiger partial charge in [0.2, 0.25) is 5.91 Å². The second kappa shape index (κ2) is 16.3. The van der Waals surface area contributed by atoms with Crippen LogP contribution in [0.4, 0.5) is 0 Å². The minimum absolute atomic E-state index is 0.0878. The molecule has 0 bridgehead atoms. The number of hydrogen-bond donors (Lipinski definition) is 2. The Morgan fingerprint density at radius 2 is 1.97 bits per heavy atom. The summed E-state index contributed by atoms with van der Waals surface area (Å²) in [6, 6.07) is 14.5. The number of unbranched alkanes of at least 4 members (excludes halogenated alkanes) is 2. The van der Waals surface area contributed by atoms with Crippen molar-refractivity contribution in [2.24, 2.45) is 0 Å². The first kappa shape index (κ1) is 28.1. The summed E-state index contributed by atoms with van der Waals surface area (Å²) in [6.45, 7) is 4.08. The van der Waals surface area contributed by atoms with E-state index in [1.165, 1.54) is 11.0 Å². The fourth-order valence-corrected chi connectivity index (χ4v) is 4.17. The highest BCUT2D eigenvalue weighted by Crippen LogP contribution is 2.25. The number of carbonyl (C=O) groups is 1. The molecular weight excluding hydrogens is 454 g/mol. The topological polar surface area (TPSA) is 72.1 Å². The Bertz CT molecular complexity index is 936. The van der Waals surface area contributed by atoms with Gasteiger partial charge in [-0.1, -0.05) is 42.5 Å². The average Bonchev–Trinajstić information content (AvgIpc) is 2.90. The van der Waals surface area contributed by atoms with Gasteiger partial charge in [-0.05, 0) is 82.7 Å². The van der Waals surface area contributed by atoms with Gasteiger partial charge in [-0.2, -0.15) is 0 Å². The summed E-state index contributed by atoms with van der Waals surface area (Å²) in [5, 5.41) is 5.86. The number of benzene rings is 2. The molecule has 7 heteroatoms. The van der Waals surface area contributed by atoms with Crippen molar-refractivity contribution >= 4 is 16.7 Å². The van der Waals surface area contributed by atoms with E-state index in [1.807, 2.05) is 24.3 Å². The lowest BCUT2D eigenvalue weighted by Gasteiger charge is -2.22. The molecule has 198 valence electrons.